The average Bonchev–Trinajstić information content (AvgIpc) is 3.41. The van der Waals surface area contributed by atoms with Crippen LogP contribution >= 0.6 is 11.3 Å². The highest BCUT2D eigenvalue weighted by Crippen LogP contribution is 2.31. The highest BCUT2D eigenvalue weighted by molar-refractivity contribution is 7.10. The Labute approximate surface area is 163 Å². The molecule has 0 amide bonds. The van der Waals surface area contributed by atoms with Crippen molar-refractivity contribution >= 4 is 17.0 Å². The van der Waals surface area contributed by atoms with Crippen LogP contribution in [0.2, 0.25) is 0 Å². The first kappa shape index (κ1) is 18.1. The summed E-state index contributed by atoms with van der Waals surface area (Å²) in [6, 6.07) is 15.0. The summed E-state index contributed by atoms with van der Waals surface area (Å²) in [7, 11) is 1.70. The number of para-hydroxylation sites is 1. The number of tetrazole rings is 1. The Kier molecular flexibility index (Phi) is 5.76. The molecule has 7 nitrogen and oxygen atoms in total. The van der Waals surface area contributed by atoms with Crippen molar-refractivity contribution in [3.05, 3.63) is 58.5 Å². The molecule has 142 valence electrons. The number of anilines is 1. The molecule has 3 heterocycles. The van der Waals surface area contributed by atoms with Crippen molar-refractivity contribution in [2.24, 2.45) is 0 Å². The van der Waals surface area contributed by atoms with Crippen molar-refractivity contribution in [2.75, 3.05) is 44.8 Å². The molecule has 4 rings (SSSR count). The number of piperazine rings is 1. The summed E-state index contributed by atoms with van der Waals surface area (Å²) in [5.74, 6) is 0.891. The topological polar surface area (TPSA) is 59.3 Å². The van der Waals surface area contributed by atoms with E-state index in [1.54, 1.807) is 18.4 Å². The molecule has 1 fully saturated rings. The molecule has 27 heavy (non-hydrogen) atoms. The highest BCUT2D eigenvalue weighted by atomic mass is 32.1. The van der Waals surface area contributed by atoms with Crippen LogP contribution in [-0.2, 0) is 11.3 Å². The van der Waals surface area contributed by atoms with Crippen LogP contribution in [0, 0.1) is 0 Å². The van der Waals surface area contributed by atoms with Gasteiger partial charge in [0.25, 0.3) is 0 Å². The molecule has 3 aromatic rings. The van der Waals surface area contributed by atoms with E-state index in [0.717, 1.165) is 32.0 Å². The fraction of sp³-hybridized carbons (Fsp3) is 0.421. The Balaban J connectivity index is 1.54. The number of ether oxygens (including phenoxy) is 1. The van der Waals surface area contributed by atoms with Gasteiger partial charge in [-0.3, -0.25) is 4.90 Å². The maximum Gasteiger partial charge on any atom is 0.173 e. The Hall–Kier alpha value is -2.29. The van der Waals surface area contributed by atoms with E-state index in [1.807, 2.05) is 4.68 Å². The van der Waals surface area contributed by atoms with Crippen LogP contribution in [0.3, 0.4) is 0 Å². The van der Waals surface area contributed by atoms with E-state index in [1.165, 1.54) is 10.6 Å². The second-order valence-electron chi connectivity index (χ2n) is 6.53. The molecular formula is C19H24N6OS. The van der Waals surface area contributed by atoms with Gasteiger partial charge in [-0.2, -0.15) is 0 Å². The van der Waals surface area contributed by atoms with Crippen molar-refractivity contribution in [1.29, 1.82) is 0 Å². The van der Waals surface area contributed by atoms with Crippen molar-refractivity contribution < 1.29 is 4.74 Å². The number of methoxy groups -OCH3 is 1. The van der Waals surface area contributed by atoms with Gasteiger partial charge in [0.1, 0.15) is 6.04 Å². The second kappa shape index (κ2) is 8.60. The summed E-state index contributed by atoms with van der Waals surface area (Å²) in [6.45, 7) is 5.17. The van der Waals surface area contributed by atoms with Crippen LogP contribution in [-0.4, -0.2) is 65.0 Å². The zero-order chi connectivity index (χ0) is 18.5. The van der Waals surface area contributed by atoms with Gasteiger partial charge in [0, 0.05) is 43.9 Å². The van der Waals surface area contributed by atoms with Gasteiger partial charge in [0.2, 0.25) is 0 Å². The molecule has 2 aromatic heterocycles. The summed E-state index contributed by atoms with van der Waals surface area (Å²) < 4.78 is 7.09. The SMILES string of the molecule is COCCn1nnnc1[C@H](c1cccs1)N1CCN(c2ccccc2)CC1. The van der Waals surface area contributed by atoms with Gasteiger partial charge in [-0.1, -0.05) is 24.3 Å². The normalized spacial score (nSPS) is 16.6. The third-order valence-corrected chi connectivity index (χ3v) is 5.85. The number of nitrogens with zero attached hydrogens (tertiary/aromatic N) is 6. The molecule has 8 heteroatoms. The lowest BCUT2D eigenvalue weighted by Gasteiger charge is -2.39. The minimum atomic E-state index is 0.0785. The largest absolute Gasteiger partial charge is 0.383 e. The third-order valence-electron chi connectivity index (χ3n) is 4.92. The van der Waals surface area contributed by atoms with Gasteiger partial charge in [0.15, 0.2) is 5.82 Å². The number of rotatable bonds is 7. The van der Waals surface area contributed by atoms with Crippen molar-refractivity contribution in [3.8, 4) is 0 Å². The molecule has 0 aliphatic carbocycles. The predicted molar refractivity (Wildman–Crippen MR) is 106 cm³/mol. The molecule has 0 spiro atoms. The summed E-state index contributed by atoms with van der Waals surface area (Å²) in [4.78, 5) is 6.20. The standard InChI is InChI=1S/C19H24N6OS/c1-26-14-13-25-19(20-21-22-25)18(17-8-5-15-27-17)24-11-9-23(10-12-24)16-6-3-2-4-7-16/h2-8,15,18H,9-14H2,1H3/t18-/m0/s1. The summed E-state index contributed by atoms with van der Waals surface area (Å²) in [5.41, 5.74) is 1.29. The molecule has 0 saturated carbocycles. The number of hydrogen-bond acceptors (Lipinski definition) is 7. The quantitative estimate of drug-likeness (QED) is 0.623. The molecule has 0 unspecified atom stereocenters. The number of benzene rings is 1. The maximum atomic E-state index is 5.22. The molecular weight excluding hydrogens is 360 g/mol. The van der Waals surface area contributed by atoms with Crippen LogP contribution in [0.4, 0.5) is 5.69 Å². The van der Waals surface area contributed by atoms with Gasteiger partial charge in [-0.05, 0) is 34.0 Å². The number of thiophene rings is 1. The van der Waals surface area contributed by atoms with E-state index in [9.17, 15) is 0 Å². The van der Waals surface area contributed by atoms with Gasteiger partial charge < -0.3 is 9.64 Å². The zero-order valence-corrected chi connectivity index (χ0v) is 16.3. The monoisotopic (exact) mass is 384 g/mol. The summed E-state index contributed by atoms with van der Waals surface area (Å²) in [6.07, 6.45) is 0. The van der Waals surface area contributed by atoms with Crippen LogP contribution in [0.1, 0.15) is 16.7 Å². The highest BCUT2D eigenvalue weighted by Gasteiger charge is 2.31. The fourth-order valence-electron chi connectivity index (χ4n) is 3.54. The van der Waals surface area contributed by atoms with Crippen LogP contribution in [0.5, 0.6) is 0 Å². The Morgan fingerprint density at radius 3 is 2.59 bits per heavy atom. The van der Waals surface area contributed by atoms with Gasteiger partial charge >= 0.3 is 0 Å². The van der Waals surface area contributed by atoms with E-state index in [4.69, 9.17) is 4.74 Å². The third kappa shape index (κ3) is 4.02. The first-order valence-electron chi connectivity index (χ1n) is 9.19. The van der Waals surface area contributed by atoms with Crippen LogP contribution < -0.4 is 4.90 Å². The van der Waals surface area contributed by atoms with Crippen LogP contribution in [0.15, 0.2) is 47.8 Å². The summed E-state index contributed by atoms with van der Waals surface area (Å²) >= 11 is 1.76. The van der Waals surface area contributed by atoms with Gasteiger partial charge in [-0.25, -0.2) is 4.68 Å². The fourth-order valence-corrected chi connectivity index (χ4v) is 4.39. The van der Waals surface area contributed by atoms with E-state index < -0.39 is 0 Å². The Morgan fingerprint density at radius 2 is 1.89 bits per heavy atom. The number of aromatic nitrogens is 4. The predicted octanol–water partition coefficient (Wildman–Crippen LogP) is 2.29. The van der Waals surface area contributed by atoms with Gasteiger partial charge in [-0.15, -0.1) is 16.4 Å². The molecule has 1 aromatic carbocycles. The minimum Gasteiger partial charge on any atom is -0.383 e. The van der Waals surface area contributed by atoms with Gasteiger partial charge in [0.05, 0.1) is 13.2 Å². The summed E-state index contributed by atoms with van der Waals surface area (Å²) in [5, 5.41) is 14.6. The average molecular weight is 385 g/mol. The van der Waals surface area contributed by atoms with Crippen LogP contribution in [0.25, 0.3) is 0 Å². The van der Waals surface area contributed by atoms with Crippen molar-refractivity contribution in [2.45, 2.75) is 12.6 Å². The Morgan fingerprint density at radius 1 is 1.07 bits per heavy atom. The minimum absolute atomic E-state index is 0.0785. The van der Waals surface area contributed by atoms with E-state index in [2.05, 4.69) is 73.2 Å². The molecule has 0 radical (unpaired) electrons. The zero-order valence-electron chi connectivity index (χ0n) is 15.4. The molecule has 1 aliphatic rings. The lowest BCUT2D eigenvalue weighted by atomic mass is 10.1. The first-order valence-corrected chi connectivity index (χ1v) is 10.1. The molecule has 0 N–H and O–H groups in total. The van der Waals surface area contributed by atoms with E-state index in [0.29, 0.717) is 13.2 Å². The Bertz CT molecular complexity index is 814. The molecule has 1 saturated heterocycles. The number of hydrogen-bond donors (Lipinski definition) is 0. The lowest BCUT2D eigenvalue weighted by Crippen LogP contribution is -2.48. The second-order valence-corrected chi connectivity index (χ2v) is 7.51. The molecule has 1 atom stereocenters. The van der Waals surface area contributed by atoms with Crippen molar-refractivity contribution in [1.82, 2.24) is 25.1 Å². The van der Waals surface area contributed by atoms with Crippen molar-refractivity contribution in [3.63, 3.8) is 0 Å². The smallest absolute Gasteiger partial charge is 0.173 e. The molecule has 0 bridgehead atoms. The first-order chi connectivity index (χ1) is 13.4. The van der Waals surface area contributed by atoms with E-state index >= 15 is 0 Å². The van der Waals surface area contributed by atoms with E-state index in [-0.39, 0.29) is 6.04 Å². The maximum absolute atomic E-state index is 5.22. The molecule has 1 aliphatic heterocycles. The lowest BCUT2D eigenvalue weighted by molar-refractivity contribution is 0.172.